The largest absolute Gasteiger partial charge is 0.497 e. The fourth-order valence-corrected chi connectivity index (χ4v) is 6.80. The number of aromatic nitrogens is 4. The molecule has 4 N–H and O–H groups in total. The van der Waals surface area contributed by atoms with E-state index in [9.17, 15) is 0 Å². The van der Waals surface area contributed by atoms with Gasteiger partial charge in [-0.25, -0.2) is 9.97 Å². The summed E-state index contributed by atoms with van der Waals surface area (Å²) in [5, 5.41) is 6.96. The summed E-state index contributed by atoms with van der Waals surface area (Å²) in [4.78, 5) is 17.5. The Kier molecular flexibility index (Phi) is 8.45. The monoisotopic (exact) mass is 704 g/mol. The van der Waals surface area contributed by atoms with Crippen molar-refractivity contribution >= 4 is 69.1 Å². The summed E-state index contributed by atoms with van der Waals surface area (Å²) < 4.78 is 10.6. The van der Waals surface area contributed by atoms with Crippen LogP contribution in [-0.4, -0.2) is 34.2 Å². The number of H-pyrrole nitrogens is 2. The molecule has 0 fully saturated rings. The topological polar surface area (TPSA) is 99.9 Å². The van der Waals surface area contributed by atoms with Crippen molar-refractivity contribution in [3.05, 3.63) is 156 Å². The maximum absolute atomic E-state index is 5.30. The van der Waals surface area contributed by atoms with Gasteiger partial charge in [0.25, 0.3) is 0 Å². The van der Waals surface area contributed by atoms with Crippen molar-refractivity contribution in [3.63, 3.8) is 0 Å². The zero-order valence-electron chi connectivity index (χ0n) is 29.7. The van der Waals surface area contributed by atoms with Crippen molar-refractivity contribution in [1.29, 1.82) is 0 Å². The minimum Gasteiger partial charge on any atom is -0.497 e. The third-order valence-electron chi connectivity index (χ3n) is 9.50. The lowest BCUT2D eigenvalue weighted by Gasteiger charge is -2.09. The van der Waals surface area contributed by atoms with Crippen LogP contribution in [0.25, 0.3) is 68.6 Å². The minimum absolute atomic E-state index is 0.823. The van der Waals surface area contributed by atoms with Gasteiger partial charge in [0.1, 0.15) is 11.5 Å². The molecule has 0 atom stereocenters. The van der Waals surface area contributed by atoms with Crippen molar-refractivity contribution in [1.82, 2.24) is 19.9 Å². The summed E-state index contributed by atoms with van der Waals surface area (Å²) in [6, 6.07) is 45.2. The molecule has 4 aromatic carbocycles. The first kappa shape index (κ1) is 32.6. The van der Waals surface area contributed by atoms with Crippen LogP contribution < -0.4 is 20.1 Å². The molecule has 2 aliphatic heterocycles. The van der Waals surface area contributed by atoms with Gasteiger partial charge >= 0.3 is 0 Å². The Balaban J connectivity index is 1.11. The van der Waals surface area contributed by atoms with Crippen LogP contribution in [0.15, 0.2) is 133 Å². The number of nitrogens with one attached hydrogen (secondary N) is 4. The quantitative estimate of drug-likeness (QED) is 0.126. The summed E-state index contributed by atoms with van der Waals surface area (Å²) in [6.45, 7) is 0. The highest BCUT2D eigenvalue weighted by Gasteiger charge is 2.14. The molecule has 0 unspecified atom stereocenters. The average Bonchev–Trinajstić information content (AvgIpc) is 4.04. The standard InChI is InChI=1S/C46H36N6O2/c1-53-39-19-11-33(12-20-39)47-31-7-3-29(4-8-31)45-41-23-15-35(49-41)27-37-17-25-43(51-37)46(44-26-18-38(52-44)28-36-16-24-42(45)50-36)30-5-9-32(10-6-30)48-34-13-21-40(54-2)22-14-34/h3-28,47-49,52H,1-2H3. The van der Waals surface area contributed by atoms with Crippen molar-refractivity contribution in [2.45, 2.75) is 0 Å². The number of anilines is 4. The van der Waals surface area contributed by atoms with Gasteiger partial charge < -0.3 is 30.1 Å². The molecular formula is C46H36N6O2. The molecule has 54 heavy (non-hydrogen) atoms. The van der Waals surface area contributed by atoms with Crippen LogP contribution in [0.3, 0.4) is 0 Å². The first-order valence-electron chi connectivity index (χ1n) is 17.7. The molecule has 5 heterocycles. The summed E-state index contributed by atoms with van der Waals surface area (Å²) in [7, 11) is 3.34. The predicted molar refractivity (Wildman–Crippen MR) is 222 cm³/mol. The number of hydrogen-bond donors (Lipinski definition) is 4. The van der Waals surface area contributed by atoms with Crippen molar-refractivity contribution in [3.8, 4) is 33.8 Å². The second-order valence-electron chi connectivity index (χ2n) is 13.1. The van der Waals surface area contributed by atoms with Crippen LogP contribution in [-0.2, 0) is 0 Å². The van der Waals surface area contributed by atoms with Crippen LogP contribution in [0.2, 0.25) is 0 Å². The Bertz CT molecular complexity index is 2520. The zero-order chi connectivity index (χ0) is 36.4. The van der Waals surface area contributed by atoms with Crippen LogP contribution >= 0.6 is 0 Å². The molecule has 8 heteroatoms. The van der Waals surface area contributed by atoms with Crippen LogP contribution in [0.1, 0.15) is 22.8 Å². The molecule has 0 saturated heterocycles. The Labute approximate surface area is 312 Å². The lowest BCUT2D eigenvalue weighted by Crippen LogP contribution is -1.91. The Hall–Kier alpha value is -7.32. The normalized spacial score (nSPS) is 11.7. The zero-order valence-corrected chi connectivity index (χ0v) is 29.7. The molecule has 7 aromatic rings. The second kappa shape index (κ2) is 14.0. The Morgan fingerprint density at radius 3 is 1.17 bits per heavy atom. The number of hydrogen-bond acceptors (Lipinski definition) is 6. The van der Waals surface area contributed by atoms with Gasteiger partial charge in [0.05, 0.1) is 37.0 Å². The predicted octanol–water partition coefficient (Wildman–Crippen LogP) is 11.5. The van der Waals surface area contributed by atoms with Crippen LogP contribution in [0, 0.1) is 0 Å². The van der Waals surface area contributed by atoms with Crippen LogP contribution in [0.5, 0.6) is 11.5 Å². The third kappa shape index (κ3) is 6.71. The fraction of sp³-hybridized carbons (Fsp3) is 0.0435. The van der Waals surface area contributed by atoms with Gasteiger partial charge in [-0.1, -0.05) is 24.3 Å². The molecule has 2 aliphatic rings. The number of methoxy groups -OCH3 is 2. The summed E-state index contributed by atoms with van der Waals surface area (Å²) >= 11 is 0. The number of fused-ring (bicyclic) bond motifs is 8. The number of ether oxygens (including phenoxy) is 2. The SMILES string of the molecule is COc1ccc(Nc2ccc(-c3c4nc(cc5ccc([nH]5)c(-c5ccc(Nc6ccc(OC)cc6)cc5)c5nc(cc6ccc3[nH]6)C=C5)C=C4)cc2)cc1. The Morgan fingerprint density at radius 1 is 0.426 bits per heavy atom. The molecule has 0 saturated carbocycles. The van der Waals surface area contributed by atoms with Gasteiger partial charge in [-0.15, -0.1) is 0 Å². The van der Waals surface area contributed by atoms with Crippen molar-refractivity contribution in [2.75, 3.05) is 24.9 Å². The van der Waals surface area contributed by atoms with Gasteiger partial charge in [0.2, 0.25) is 0 Å². The van der Waals surface area contributed by atoms with Gasteiger partial charge in [-0.05, 0) is 145 Å². The first-order chi connectivity index (χ1) is 26.6. The highest BCUT2D eigenvalue weighted by Crippen LogP contribution is 2.34. The Morgan fingerprint density at radius 2 is 0.796 bits per heavy atom. The van der Waals surface area contributed by atoms with E-state index in [4.69, 9.17) is 19.4 Å². The van der Waals surface area contributed by atoms with E-state index in [0.717, 1.165) is 101 Å². The van der Waals surface area contributed by atoms with E-state index in [0.29, 0.717) is 0 Å². The molecule has 0 amide bonds. The van der Waals surface area contributed by atoms with E-state index in [1.807, 2.05) is 48.5 Å². The third-order valence-corrected chi connectivity index (χ3v) is 9.50. The summed E-state index contributed by atoms with van der Waals surface area (Å²) in [5.41, 5.74) is 15.4. The number of benzene rings is 4. The van der Waals surface area contributed by atoms with E-state index in [1.54, 1.807) is 14.2 Å². The summed E-state index contributed by atoms with van der Waals surface area (Å²) in [5.74, 6) is 1.65. The van der Waals surface area contributed by atoms with E-state index in [2.05, 4.69) is 130 Å². The van der Waals surface area contributed by atoms with Gasteiger partial charge in [0.15, 0.2) is 0 Å². The molecule has 0 aliphatic carbocycles. The maximum atomic E-state index is 5.30. The maximum Gasteiger partial charge on any atom is 0.119 e. The van der Waals surface area contributed by atoms with E-state index in [1.165, 1.54) is 0 Å². The number of aromatic amines is 2. The van der Waals surface area contributed by atoms with Crippen molar-refractivity contribution in [2.24, 2.45) is 0 Å². The lowest BCUT2D eigenvalue weighted by atomic mass is 10.0. The van der Waals surface area contributed by atoms with Gasteiger partial charge in [0, 0.05) is 55.9 Å². The molecule has 8 bridgehead atoms. The van der Waals surface area contributed by atoms with E-state index < -0.39 is 0 Å². The number of nitrogens with zero attached hydrogens (tertiary/aromatic N) is 2. The number of rotatable bonds is 8. The summed E-state index contributed by atoms with van der Waals surface area (Å²) in [6.07, 6.45) is 8.29. The van der Waals surface area contributed by atoms with Gasteiger partial charge in [-0.3, -0.25) is 0 Å². The van der Waals surface area contributed by atoms with Gasteiger partial charge in [-0.2, -0.15) is 0 Å². The average molecular weight is 705 g/mol. The van der Waals surface area contributed by atoms with E-state index >= 15 is 0 Å². The molecular weight excluding hydrogens is 669 g/mol. The highest BCUT2D eigenvalue weighted by atomic mass is 16.5. The fourth-order valence-electron chi connectivity index (χ4n) is 6.80. The second-order valence-corrected chi connectivity index (χ2v) is 13.1. The highest BCUT2D eigenvalue weighted by molar-refractivity contribution is 5.93. The molecule has 9 rings (SSSR count). The first-order valence-corrected chi connectivity index (χ1v) is 17.7. The minimum atomic E-state index is 0.823. The molecule has 8 nitrogen and oxygen atoms in total. The van der Waals surface area contributed by atoms with E-state index in [-0.39, 0.29) is 0 Å². The molecule has 0 radical (unpaired) electrons. The van der Waals surface area contributed by atoms with Crippen molar-refractivity contribution < 1.29 is 9.47 Å². The smallest absolute Gasteiger partial charge is 0.119 e. The lowest BCUT2D eigenvalue weighted by molar-refractivity contribution is 0.415. The molecule has 0 spiro atoms. The molecule has 262 valence electrons. The van der Waals surface area contributed by atoms with Crippen LogP contribution in [0.4, 0.5) is 22.7 Å². The molecule has 3 aromatic heterocycles.